The number of likely N-dealkylation sites (tertiary alicyclic amines) is 1. The molecule has 0 radical (unpaired) electrons. The minimum absolute atomic E-state index is 0.465. The second-order valence-electron chi connectivity index (χ2n) is 5.25. The quantitative estimate of drug-likeness (QED) is 0.829. The minimum atomic E-state index is 0.465. The molecule has 2 rings (SSSR count). The fourth-order valence-electron chi connectivity index (χ4n) is 2.10. The fraction of sp³-hybridized carbons (Fsp3) is 0.846. The van der Waals surface area contributed by atoms with Crippen LogP contribution < -0.4 is 10.1 Å². The molecule has 1 aliphatic rings. The summed E-state index contributed by atoms with van der Waals surface area (Å²) in [4.78, 5) is 2.46. The number of aromatic nitrogens is 2. The van der Waals surface area contributed by atoms with Crippen molar-refractivity contribution in [2.45, 2.75) is 45.7 Å². The molecule has 1 aromatic rings. The molecule has 5 nitrogen and oxygen atoms in total. The lowest BCUT2D eigenvalue weighted by molar-refractivity contribution is 0.182. The van der Waals surface area contributed by atoms with Gasteiger partial charge in [-0.3, -0.25) is 4.90 Å². The van der Waals surface area contributed by atoms with E-state index in [2.05, 4.69) is 34.3 Å². The van der Waals surface area contributed by atoms with Crippen molar-refractivity contribution in [1.82, 2.24) is 20.4 Å². The molecular weight excluding hydrogens is 260 g/mol. The van der Waals surface area contributed by atoms with Gasteiger partial charge in [0.2, 0.25) is 0 Å². The average Bonchev–Trinajstić information content (AvgIpc) is 2.86. The van der Waals surface area contributed by atoms with E-state index in [1.54, 1.807) is 0 Å². The van der Waals surface area contributed by atoms with E-state index in [1.165, 1.54) is 43.7 Å². The lowest BCUT2D eigenvalue weighted by Crippen LogP contribution is -2.33. The van der Waals surface area contributed by atoms with E-state index in [4.69, 9.17) is 4.74 Å². The number of hydrogen-bond acceptors (Lipinski definition) is 6. The molecule has 1 saturated heterocycles. The van der Waals surface area contributed by atoms with Crippen molar-refractivity contribution in [3.05, 3.63) is 5.01 Å². The Bertz CT molecular complexity index is 363. The molecule has 1 aliphatic heterocycles. The van der Waals surface area contributed by atoms with Crippen LogP contribution in [-0.2, 0) is 6.54 Å². The number of piperidine rings is 1. The van der Waals surface area contributed by atoms with Crippen molar-refractivity contribution in [1.29, 1.82) is 0 Å². The number of rotatable bonds is 7. The molecule has 0 aliphatic carbocycles. The summed E-state index contributed by atoms with van der Waals surface area (Å²) in [6.07, 6.45) is 4.02. The first-order chi connectivity index (χ1) is 9.24. The minimum Gasteiger partial charge on any atom is -0.468 e. The highest BCUT2D eigenvalue weighted by Gasteiger charge is 2.10. The van der Waals surface area contributed by atoms with Gasteiger partial charge in [-0.25, -0.2) is 0 Å². The van der Waals surface area contributed by atoms with Gasteiger partial charge in [-0.15, -0.1) is 10.2 Å². The Morgan fingerprint density at radius 3 is 2.79 bits per heavy atom. The summed E-state index contributed by atoms with van der Waals surface area (Å²) in [5, 5.41) is 13.2. The molecule has 0 atom stereocenters. The van der Waals surface area contributed by atoms with Gasteiger partial charge in [-0.2, -0.15) is 0 Å². The maximum absolute atomic E-state index is 5.67. The van der Waals surface area contributed by atoms with Crippen LogP contribution in [-0.4, -0.2) is 47.4 Å². The molecule has 2 heterocycles. The Labute approximate surface area is 119 Å². The highest BCUT2D eigenvalue weighted by atomic mass is 32.1. The maximum atomic E-state index is 5.67. The monoisotopic (exact) mass is 284 g/mol. The van der Waals surface area contributed by atoms with Crippen molar-refractivity contribution in [3.63, 3.8) is 0 Å². The van der Waals surface area contributed by atoms with Gasteiger partial charge in [0.25, 0.3) is 5.19 Å². The van der Waals surface area contributed by atoms with Crippen molar-refractivity contribution in [3.8, 4) is 5.19 Å². The van der Waals surface area contributed by atoms with Gasteiger partial charge >= 0.3 is 0 Å². The molecule has 108 valence electrons. The van der Waals surface area contributed by atoms with Gasteiger partial charge in [0.05, 0.1) is 6.54 Å². The Hall–Kier alpha value is -0.720. The third-order valence-corrected chi connectivity index (χ3v) is 4.03. The van der Waals surface area contributed by atoms with Crippen LogP contribution in [0.1, 0.15) is 38.1 Å². The van der Waals surface area contributed by atoms with Crippen LogP contribution in [0.25, 0.3) is 0 Å². The van der Waals surface area contributed by atoms with Crippen molar-refractivity contribution >= 4 is 11.3 Å². The van der Waals surface area contributed by atoms with E-state index in [9.17, 15) is 0 Å². The Morgan fingerprint density at radius 1 is 1.26 bits per heavy atom. The Balaban J connectivity index is 1.65. The van der Waals surface area contributed by atoms with Gasteiger partial charge in [0.1, 0.15) is 11.6 Å². The topological polar surface area (TPSA) is 50.3 Å². The summed E-state index contributed by atoms with van der Waals surface area (Å²) in [6, 6.07) is 0.465. The average molecular weight is 284 g/mol. The third-order valence-electron chi connectivity index (χ3n) is 3.19. The smallest absolute Gasteiger partial charge is 0.294 e. The lowest BCUT2D eigenvalue weighted by Gasteiger charge is -2.25. The summed E-state index contributed by atoms with van der Waals surface area (Å²) < 4.78 is 5.67. The van der Waals surface area contributed by atoms with Crippen molar-refractivity contribution in [2.75, 3.05) is 26.2 Å². The molecule has 0 saturated carbocycles. The van der Waals surface area contributed by atoms with Crippen molar-refractivity contribution < 1.29 is 4.74 Å². The van der Waals surface area contributed by atoms with E-state index in [0.717, 1.165) is 18.1 Å². The summed E-state index contributed by atoms with van der Waals surface area (Å²) in [6.45, 7) is 9.15. The van der Waals surface area contributed by atoms with Crippen LogP contribution in [0.15, 0.2) is 0 Å². The predicted molar refractivity (Wildman–Crippen MR) is 77.7 cm³/mol. The summed E-state index contributed by atoms with van der Waals surface area (Å²) in [7, 11) is 0. The van der Waals surface area contributed by atoms with E-state index in [-0.39, 0.29) is 0 Å². The predicted octanol–water partition coefficient (Wildman–Crippen LogP) is 1.90. The molecule has 0 spiro atoms. The fourth-order valence-corrected chi connectivity index (χ4v) is 2.77. The summed E-state index contributed by atoms with van der Waals surface area (Å²) in [5.74, 6) is 0. The van der Waals surface area contributed by atoms with E-state index >= 15 is 0 Å². The number of hydrogen-bond donors (Lipinski definition) is 1. The molecule has 1 fully saturated rings. The Kier molecular flexibility index (Phi) is 6.00. The first kappa shape index (κ1) is 14.7. The number of nitrogens with one attached hydrogen (secondary N) is 1. The zero-order chi connectivity index (χ0) is 13.5. The van der Waals surface area contributed by atoms with Crippen LogP contribution >= 0.6 is 11.3 Å². The first-order valence-electron chi connectivity index (χ1n) is 7.15. The van der Waals surface area contributed by atoms with E-state index in [0.29, 0.717) is 17.8 Å². The van der Waals surface area contributed by atoms with E-state index in [1.807, 2.05) is 0 Å². The first-order valence-corrected chi connectivity index (χ1v) is 7.96. The molecule has 0 bridgehead atoms. The molecule has 0 unspecified atom stereocenters. The molecule has 0 aromatic carbocycles. The third kappa shape index (κ3) is 5.42. The molecule has 19 heavy (non-hydrogen) atoms. The van der Waals surface area contributed by atoms with Gasteiger partial charge in [-0.1, -0.05) is 31.6 Å². The van der Waals surface area contributed by atoms with Crippen LogP contribution in [0.5, 0.6) is 5.19 Å². The highest BCUT2D eigenvalue weighted by Crippen LogP contribution is 2.17. The largest absolute Gasteiger partial charge is 0.468 e. The molecule has 1 N–H and O–H groups in total. The number of nitrogens with zero attached hydrogens (tertiary/aromatic N) is 3. The second kappa shape index (κ2) is 7.77. The number of ether oxygens (including phenoxy) is 1. The zero-order valence-corrected chi connectivity index (χ0v) is 12.7. The van der Waals surface area contributed by atoms with Crippen LogP contribution in [0, 0.1) is 0 Å². The molecule has 0 amide bonds. The zero-order valence-electron chi connectivity index (χ0n) is 11.9. The SMILES string of the molecule is CC(C)NCc1nnc(OCCN2CCCCC2)s1. The molecule has 1 aromatic heterocycles. The summed E-state index contributed by atoms with van der Waals surface area (Å²) >= 11 is 1.54. The van der Waals surface area contributed by atoms with Gasteiger partial charge in [-0.05, 0) is 25.9 Å². The molecule has 6 heteroatoms. The Morgan fingerprint density at radius 2 is 2.05 bits per heavy atom. The second-order valence-corrected chi connectivity index (χ2v) is 6.27. The van der Waals surface area contributed by atoms with Crippen molar-refractivity contribution in [2.24, 2.45) is 0 Å². The van der Waals surface area contributed by atoms with E-state index < -0.39 is 0 Å². The normalized spacial score (nSPS) is 17.0. The maximum Gasteiger partial charge on any atom is 0.294 e. The van der Waals surface area contributed by atoms with Crippen LogP contribution in [0.4, 0.5) is 0 Å². The van der Waals surface area contributed by atoms with Crippen LogP contribution in [0.3, 0.4) is 0 Å². The van der Waals surface area contributed by atoms with Gasteiger partial charge in [0.15, 0.2) is 0 Å². The van der Waals surface area contributed by atoms with Crippen LogP contribution in [0.2, 0.25) is 0 Å². The molecular formula is C13H24N4OS. The van der Waals surface area contributed by atoms with Gasteiger partial charge < -0.3 is 10.1 Å². The summed E-state index contributed by atoms with van der Waals surface area (Å²) in [5.41, 5.74) is 0. The van der Waals surface area contributed by atoms with Gasteiger partial charge in [0, 0.05) is 12.6 Å². The highest BCUT2D eigenvalue weighted by molar-refractivity contribution is 7.13. The standard InChI is InChI=1S/C13H24N4OS/c1-11(2)14-10-12-15-16-13(19-12)18-9-8-17-6-4-3-5-7-17/h11,14H,3-10H2,1-2H3. The lowest BCUT2D eigenvalue weighted by atomic mass is 10.1.